The van der Waals surface area contributed by atoms with Crippen LogP contribution in [0.2, 0.25) is 0 Å². The van der Waals surface area contributed by atoms with Gasteiger partial charge >= 0.3 is 0 Å². The van der Waals surface area contributed by atoms with Crippen molar-refractivity contribution in [3.05, 3.63) is 23.9 Å². The van der Waals surface area contributed by atoms with Crippen molar-refractivity contribution in [3.8, 4) is 0 Å². The summed E-state index contributed by atoms with van der Waals surface area (Å²) in [7, 11) is 1.79. The molecule has 2 aromatic rings. The summed E-state index contributed by atoms with van der Waals surface area (Å²) in [5, 5.41) is 10.6. The summed E-state index contributed by atoms with van der Waals surface area (Å²) in [4.78, 5) is 10.7. The second-order valence-electron chi connectivity index (χ2n) is 2.76. The summed E-state index contributed by atoms with van der Waals surface area (Å²) in [5.74, 6) is 0. The molecule has 66 valence electrons. The first-order chi connectivity index (χ1) is 6.35. The van der Waals surface area contributed by atoms with Crippen molar-refractivity contribution >= 4 is 22.9 Å². The van der Waals surface area contributed by atoms with Crippen molar-refractivity contribution in [2.75, 3.05) is 12.4 Å². The molecule has 0 aliphatic carbocycles. The fourth-order valence-electron chi connectivity index (χ4n) is 1.32. The van der Waals surface area contributed by atoms with Crippen LogP contribution < -0.4 is 5.32 Å². The molecule has 0 saturated carbocycles. The quantitative estimate of drug-likeness (QED) is 0.678. The average molecular weight is 175 g/mol. The third kappa shape index (κ3) is 1.16. The van der Waals surface area contributed by atoms with Gasteiger partial charge in [-0.15, -0.1) is 0 Å². The number of H-pyrrole nitrogens is 1. The highest BCUT2D eigenvalue weighted by atomic mass is 16.1. The molecule has 0 radical (unpaired) electrons. The first-order valence-electron chi connectivity index (χ1n) is 3.95. The Balaban J connectivity index is 2.73. The number of carbonyl (C=O) groups excluding carboxylic acids is 1. The third-order valence-corrected chi connectivity index (χ3v) is 2.01. The average Bonchev–Trinajstić information content (AvgIpc) is 2.62. The van der Waals surface area contributed by atoms with Crippen molar-refractivity contribution < 1.29 is 4.79 Å². The number of rotatable bonds is 2. The number of nitrogens with one attached hydrogen (secondary N) is 2. The van der Waals surface area contributed by atoms with Crippen LogP contribution in [0.25, 0.3) is 10.9 Å². The smallest absolute Gasteiger partial charge is 0.152 e. The zero-order valence-electron chi connectivity index (χ0n) is 7.16. The van der Waals surface area contributed by atoms with Gasteiger partial charge in [0, 0.05) is 23.7 Å². The van der Waals surface area contributed by atoms with E-state index in [0.29, 0.717) is 5.56 Å². The zero-order valence-corrected chi connectivity index (χ0v) is 7.16. The molecule has 0 fully saturated rings. The van der Waals surface area contributed by atoms with Crippen molar-refractivity contribution in [2.24, 2.45) is 0 Å². The second kappa shape index (κ2) is 2.90. The molecule has 4 nitrogen and oxygen atoms in total. The molecule has 0 saturated heterocycles. The van der Waals surface area contributed by atoms with E-state index in [9.17, 15) is 4.79 Å². The van der Waals surface area contributed by atoms with Gasteiger partial charge in [-0.1, -0.05) is 0 Å². The molecular weight excluding hydrogens is 166 g/mol. The minimum absolute atomic E-state index is 0.638. The normalized spacial score (nSPS) is 10.2. The van der Waals surface area contributed by atoms with E-state index >= 15 is 0 Å². The lowest BCUT2D eigenvalue weighted by Gasteiger charge is -2.02. The number of aromatic amines is 1. The van der Waals surface area contributed by atoms with E-state index in [1.165, 1.54) is 0 Å². The van der Waals surface area contributed by atoms with E-state index < -0.39 is 0 Å². The highest BCUT2D eigenvalue weighted by Crippen LogP contribution is 2.20. The maximum Gasteiger partial charge on any atom is 0.152 e. The van der Waals surface area contributed by atoms with E-state index in [1.54, 1.807) is 19.3 Å². The van der Waals surface area contributed by atoms with Gasteiger partial charge in [-0.3, -0.25) is 9.89 Å². The minimum atomic E-state index is 0.638. The number of benzene rings is 1. The zero-order chi connectivity index (χ0) is 9.26. The number of nitrogens with zero attached hydrogens (tertiary/aromatic N) is 1. The highest BCUT2D eigenvalue weighted by molar-refractivity contribution is 5.93. The molecular formula is C9H9N3O. The van der Waals surface area contributed by atoms with Crippen LogP contribution in [0.15, 0.2) is 18.3 Å². The predicted molar refractivity (Wildman–Crippen MR) is 51.0 cm³/mol. The first kappa shape index (κ1) is 7.79. The number of anilines is 1. The summed E-state index contributed by atoms with van der Waals surface area (Å²) in [6, 6.07) is 3.67. The highest BCUT2D eigenvalue weighted by Gasteiger charge is 2.03. The van der Waals surface area contributed by atoms with Gasteiger partial charge in [0.2, 0.25) is 0 Å². The topological polar surface area (TPSA) is 57.8 Å². The van der Waals surface area contributed by atoms with Crippen molar-refractivity contribution in [1.82, 2.24) is 10.2 Å². The minimum Gasteiger partial charge on any atom is -0.388 e. The Labute approximate surface area is 75.0 Å². The van der Waals surface area contributed by atoms with Crippen LogP contribution in [0.3, 0.4) is 0 Å². The molecule has 2 rings (SSSR count). The van der Waals surface area contributed by atoms with Crippen LogP contribution in [0.4, 0.5) is 5.69 Å². The molecule has 0 unspecified atom stereocenters. The maximum atomic E-state index is 10.7. The van der Waals surface area contributed by atoms with Crippen LogP contribution >= 0.6 is 0 Å². The number of hydrogen-bond acceptors (Lipinski definition) is 3. The van der Waals surface area contributed by atoms with Crippen molar-refractivity contribution in [2.45, 2.75) is 0 Å². The lowest BCUT2D eigenvalue weighted by Crippen LogP contribution is -1.93. The van der Waals surface area contributed by atoms with Crippen LogP contribution in [-0.2, 0) is 0 Å². The molecule has 2 N–H and O–H groups in total. The third-order valence-electron chi connectivity index (χ3n) is 2.01. The van der Waals surface area contributed by atoms with Crippen LogP contribution in [0.5, 0.6) is 0 Å². The van der Waals surface area contributed by atoms with Gasteiger partial charge in [0.1, 0.15) is 0 Å². The Kier molecular flexibility index (Phi) is 1.73. The molecule has 1 aromatic heterocycles. The Hall–Kier alpha value is -1.84. The molecule has 0 aliphatic heterocycles. The van der Waals surface area contributed by atoms with Gasteiger partial charge in [-0.05, 0) is 12.1 Å². The van der Waals surface area contributed by atoms with E-state index in [0.717, 1.165) is 22.9 Å². The molecule has 0 bridgehead atoms. The van der Waals surface area contributed by atoms with Gasteiger partial charge in [-0.2, -0.15) is 5.10 Å². The van der Waals surface area contributed by atoms with Crippen LogP contribution in [0, 0.1) is 0 Å². The maximum absolute atomic E-state index is 10.7. The van der Waals surface area contributed by atoms with E-state index in [4.69, 9.17) is 0 Å². The van der Waals surface area contributed by atoms with Crippen LogP contribution in [-0.4, -0.2) is 23.5 Å². The Bertz CT molecular complexity index is 447. The van der Waals surface area contributed by atoms with E-state index in [1.807, 2.05) is 6.07 Å². The number of fused-ring (bicyclic) bond motifs is 1. The summed E-state index contributed by atoms with van der Waals surface area (Å²) in [6.07, 6.45) is 2.55. The van der Waals surface area contributed by atoms with Gasteiger partial charge in [-0.25, -0.2) is 0 Å². The largest absolute Gasteiger partial charge is 0.388 e. The van der Waals surface area contributed by atoms with Gasteiger partial charge < -0.3 is 5.32 Å². The Morgan fingerprint density at radius 1 is 1.54 bits per heavy atom. The second-order valence-corrected chi connectivity index (χ2v) is 2.76. The number of carbonyl (C=O) groups is 1. The molecule has 1 aromatic carbocycles. The first-order valence-corrected chi connectivity index (χ1v) is 3.95. The van der Waals surface area contributed by atoms with Gasteiger partial charge in [0.25, 0.3) is 0 Å². The lowest BCUT2D eigenvalue weighted by atomic mass is 10.1. The monoisotopic (exact) mass is 175 g/mol. The number of aldehydes is 1. The summed E-state index contributed by atoms with van der Waals surface area (Å²) in [6.45, 7) is 0. The van der Waals surface area contributed by atoms with Gasteiger partial charge in [0.05, 0.1) is 11.7 Å². The Morgan fingerprint density at radius 3 is 3.08 bits per heavy atom. The van der Waals surface area contributed by atoms with Crippen LogP contribution in [0.1, 0.15) is 10.4 Å². The molecule has 0 amide bonds. The number of hydrogen-bond donors (Lipinski definition) is 2. The molecule has 1 heterocycles. The van der Waals surface area contributed by atoms with Crippen molar-refractivity contribution in [3.63, 3.8) is 0 Å². The molecule has 4 heteroatoms. The SMILES string of the molecule is CNc1cc2cn[nH]c2cc1C=O. The molecule has 0 atom stereocenters. The van der Waals surface area contributed by atoms with Crippen molar-refractivity contribution in [1.29, 1.82) is 0 Å². The number of aromatic nitrogens is 2. The molecule has 13 heavy (non-hydrogen) atoms. The van der Waals surface area contributed by atoms with E-state index in [2.05, 4.69) is 15.5 Å². The van der Waals surface area contributed by atoms with E-state index in [-0.39, 0.29) is 0 Å². The predicted octanol–water partition coefficient (Wildman–Crippen LogP) is 1.42. The summed E-state index contributed by atoms with van der Waals surface area (Å²) >= 11 is 0. The molecule has 0 spiro atoms. The summed E-state index contributed by atoms with van der Waals surface area (Å²) in [5.41, 5.74) is 2.34. The fourth-order valence-corrected chi connectivity index (χ4v) is 1.32. The fraction of sp³-hybridized carbons (Fsp3) is 0.111. The molecule has 0 aliphatic rings. The standard InChI is InChI=1S/C9H9N3O/c1-10-8-2-6-4-11-12-9(6)3-7(8)5-13/h2-5,10H,1H3,(H,11,12). The van der Waals surface area contributed by atoms with Gasteiger partial charge in [0.15, 0.2) is 6.29 Å². The Morgan fingerprint density at radius 2 is 2.38 bits per heavy atom. The summed E-state index contributed by atoms with van der Waals surface area (Å²) < 4.78 is 0. The lowest BCUT2D eigenvalue weighted by molar-refractivity contribution is 0.112.